The Morgan fingerprint density at radius 3 is 2.27 bits per heavy atom. The zero-order valence-corrected chi connectivity index (χ0v) is 15.2. The number of benzene rings is 2. The predicted octanol–water partition coefficient (Wildman–Crippen LogP) is 4.27. The van der Waals surface area contributed by atoms with Crippen LogP contribution in [0.4, 0.5) is 5.69 Å². The highest BCUT2D eigenvalue weighted by Crippen LogP contribution is 2.20. The summed E-state index contributed by atoms with van der Waals surface area (Å²) in [5.74, 6) is 0.741. The summed E-state index contributed by atoms with van der Waals surface area (Å²) in [5.41, 5.74) is 0.515. The number of rotatable bonds is 7. The van der Waals surface area contributed by atoms with Crippen molar-refractivity contribution >= 4 is 38.3 Å². The van der Waals surface area contributed by atoms with E-state index in [1.54, 1.807) is 48.5 Å². The Bertz CT molecular complexity index is 697. The van der Waals surface area contributed by atoms with Crippen molar-refractivity contribution in [3.8, 4) is 5.75 Å². The van der Waals surface area contributed by atoms with Crippen LogP contribution in [0.25, 0.3) is 0 Å². The van der Waals surface area contributed by atoms with Crippen molar-refractivity contribution in [3.63, 3.8) is 0 Å². The van der Waals surface area contributed by atoms with Gasteiger partial charge in [-0.05, 0) is 77.5 Å². The normalized spacial score (nSPS) is 11.2. The van der Waals surface area contributed by atoms with E-state index in [-0.39, 0.29) is 4.90 Å². The van der Waals surface area contributed by atoms with E-state index in [2.05, 4.69) is 34.2 Å². The molecule has 0 unspecified atom stereocenters. The zero-order chi connectivity index (χ0) is 16.0. The van der Waals surface area contributed by atoms with Gasteiger partial charge in [0.05, 0.1) is 11.5 Å². The Hall–Kier alpha value is -1.28. The topological polar surface area (TPSA) is 55.4 Å². The summed E-state index contributed by atoms with van der Waals surface area (Å²) in [4.78, 5) is 0.246. The van der Waals surface area contributed by atoms with Crippen LogP contribution >= 0.6 is 22.6 Å². The molecule has 4 nitrogen and oxygen atoms in total. The largest absolute Gasteiger partial charge is 0.494 e. The molecule has 0 saturated carbocycles. The van der Waals surface area contributed by atoms with Crippen molar-refractivity contribution in [3.05, 3.63) is 52.1 Å². The molecule has 0 aromatic heterocycles. The molecule has 2 aromatic rings. The number of nitrogens with one attached hydrogen (secondary N) is 1. The number of anilines is 1. The minimum atomic E-state index is -3.56. The highest BCUT2D eigenvalue weighted by molar-refractivity contribution is 14.1. The molecule has 118 valence electrons. The summed E-state index contributed by atoms with van der Waals surface area (Å²) in [5, 5.41) is 0. The minimum absolute atomic E-state index is 0.246. The Kier molecular flexibility index (Phi) is 6.07. The smallest absolute Gasteiger partial charge is 0.261 e. The lowest BCUT2D eigenvalue weighted by molar-refractivity contribution is 0.309. The molecule has 1 N–H and O–H groups in total. The molecule has 0 bridgehead atoms. The Balaban J connectivity index is 2.05. The molecule has 22 heavy (non-hydrogen) atoms. The molecule has 2 aromatic carbocycles. The van der Waals surface area contributed by atoms with Crippen LogP contribution in [0.2, 0.25) is 0 Å². The van der Waals surface area contributed by atoms with Crippen LogP contribution in [-0.2, 0) is 10.0 Å². The van der Waals surface area contributed by atoms with E-state index >= 15 is 0 Å². The van der Waals surface area contributed by atoms with E-state index in [1.165, 1.54) is 0 Å². The van der Waals surface area contributed by atoms with Gasteiger partial charge in [-0.15, -0.1) is 0 Å². The molecule has 0 radical (unpaired) electrons. The monoisotopic (exact) mass is 431 g/mol. The number of hydrogen-bond acceptors (Lipinski definition) is 3. The van der Waals surface area contributed by atoms with Gasteiger partial charge in [-0.1, -0.05) is 13.3 Å². The third-order valence-corrected chi connectivity index (χ3v) is 5.11. The summed E-state index contributed by atoms with van der Waals surface area (Å²) >= 11 is 2.14. The first-order valence-electron chi connectivity index (χ1n) is 7.02. The highest BCUT2D eigenvalue weighted by atomic mass is 127. The van der Waals surface area contributed by atoms with Crippen LogP contribution in [0.15, 0.2) is 53.4 Å². The van der Waals surface area contributed by atoms with Crippen molar-refractivity contribution in [1.82, 2.24) is 0 Å². The lowest BCUT2D eigenvalue weighted by Gasteiger charge is -2.10. The van der Waals surface area contributed by atoms with Gasteiger partial charge in [-0.25, -0.2) is 8.42 Å². The van der Waals surface area contributed by atoms with Crippen molar-refractivity contribution in [2.24, 2.45) is 0 Å². The maximum Gasteiger partial charge on any atom is 0.261 e. The molecule has 0 aliphatic heterocycles. The molecule has 2 rings (SSSR count). The second-order valence-electron chi connectivity index (χ2n) is 4.79. The van der Waals surface area contributed by atoms with Gasteiger partial charge in [-0.3, -0.25) is 4.72 Å². The lowest BCUT2D eigenvalue weighted by Crippen LogP contribution is -2.12. The molecule has 0 saturated heterocycles. The van der Waals surface area contributed by atoms with Gasteiger partial charge in [0.1, 0.15) is 5.75 Å². The van der Waals surface area contributed by atoms with E-state index in [4.69, 9.17) is 4.74 Å². The maximum absolute atomic E-state index is 12.3. The Labute approximate surface area is 145 Å². The number of unbranched alkanes of at least 4 members (excludes halogenated alkanes) is 1. The number of sulfonamides is 1. The number of halogens is 1. The van der Waals surface area contributed by atoms with Crippen LogP contribution in [0.5, 0.6) is 5.75 Å². The van der Waals surface area contributed by atoms with Crippen molar-refractivity contribution in [2.75, 3.05) is 11.3 Å². The third-order valence-electron chi connectivity index (χ3n) is 3.00. The van der Waals surface area contributed by atoms with Gasteiger partial charge in [-0.2, -0.15) is 0 Å². The van der Waals surface area contributed by atoms with Gasteiger partial charge in [0.2, 0.25) is 0 Å². The van der Waals surface area contributed by atoms with E-state index in [0.29, 0.717) is 12.3 Å². The molecular weight excluding hydrogens is 413 g/mol. The van der Waals surface area contributed by atoms with Gasteiger partial charge >= 0.3 is 0 Å². The molecular formula is C16H18INO3S. The molecule has 0 aliphatic carbocycles. The summed E-state index contributed by atoms with van der Waals surface area (Å²) in [6.45, 7) is 2.77. The van der Waals surface area contributed by atoms with Crippen molar-refractivity contribution in [1.29, 1.82) is 0 Å². The molecule has 6 heteroatoms. The third kappa shape index (κ3) is 4.88. The van der Waals surface area contributed by atoms with E-state index in [0.717, 1.165) is 22.2 Å². The lowest BCUT2D eigenvalue weighted by atomic mass is 10.3. The van der Waals surface area contributed by atoms with E-state index < -0.39 is 10.0 Å². The average molecular weight is 431 g/mol. The Morgan fingerprint density at radius 2 is 1.68 bits per heavy atom. The first-order chi connectivity index (χ1) is 10.5. The fourth-order valence-electron chi connectivity index (χ4n) is 1.78. The molecule has 0 fully saturated rings. The SMILES string of the molecule is CCCCOc1ccc(NS(=O)(=O)c2ccc(I)cc2)cc1. The first kappa shape index (κ1) is 17.1. The van der Waals surface area contributed by atoms with Crippen molar-refractivity contribution < 1.29 is 13.2 Å². The fourth-order valence-corrected chi connectivity index (χ4v) is 3.20. The van der Waals surface area contributed by atoms with E-state index in [1.807, 2.05) is 0 Å². The predicted molar refractivity (Wildman–Crippen MR) is 96.8 cm³/mol. The molecule has 0 spiro atoms. The quantitative estimate of drug-likeness (QED) is 0.526. The van der Waals surface area contributed by atoms with Gasteiger partial charge in [0.25, 0.3) is 10.0 Å². The zero-order valence-electron chi connectivity index (χ0n) is 12.3. The maximum atomic E-state index is 12.3. The second-order valence-corrected chi connectivity index (χ2v) is 7.71. The highest BCUT2D eigenvalue weighted by Gasteiger charge is 2.13. The summed E-state index contributed by atoms with van der Waals surface area (Å²) < 4.78 is 33.6. The van der Waals surface area contributed by atoms with Crippen LogP contribution in [0.1, 0.15) is 19.8 Å². The van der Waals surface area contributed by atoms with Crippen LogP contribution in [0.3, 0.4) is 0 Å². The van der Waals surface area contributed by atoms with E-state index in [9.17, 15) is 8.42 Å². The summed E-state index contributed by atoms with van der Waals surface area (Å²) in [6.07, 6.45) is 2.08. The number of hydrogen-bond donors (Lipinski definition) is 1. The minimum Gasteiger partial charge on any atom is -0.494 e. The summed E-state index contributed by atoms with van der Waals surface area (Å²) in [6, 6.07) is 13.6. The van der Waals surface area contributed by atoms with Crippen LogP contribution in [-0.4, -0.2) is 15.0 Å². The van der Waals surface area contributed by atoms with Gasteiger partial charge < -0.3 is 4.74 Å². The number of ether oxygens (including phenoxy) is 1. The second kappa shape index (κ2) is 7.82. The van der Waals surface area contributed by atoms with Crippen LogP contribution < -0.4 is 9.46 Å². The molecule has 0 heterocycles. The summed E-state index contributed by atoms with van der Waals surface area (Å²) in [7, 11) is -3.56. The Morgan fingerprint density at radius 1 is 1.05 bits per heavy atom. The standard InChI is InChI=1S/C16H18INO3S/c1-2-3-12-21-15-8-6-14(7-9-15)18-22(19,20)16-10-4-13(17)5-11-16/h4-11,18H,2-3,12H2,1H3. The fraction of sp³-hybridized carbons (Fsp3) is 0.250. The molecule has 0 atom stereocenters. The first-order valence-corrected chi connectivity index (χ1v) is 9.59. The van der Waals surface area contributed by atoms with Gasteiger partial charge in [0.15, 0.2) is 0 Å². The van der Waals surface area contributed by atoms with Crippen LogP contribution in [0, 0.1) is 3.57 Å². The molecule has 0 amide bonds. The van der Waals surface area contributed by atoms with Gasteiger partial charge in [0, 0.05) is 9.26 Å². The molecule has 0 aliphatic rings. The average Bonchev–Trinajstić information content (AvgIpc) is 2.49. The van der Waals surface area contributed by atoms with Crippen molar-refractivity contribution in [2.45, 2.75) is 24.7 Å².